The van der Waals surface area contributed by atoms with Gasteiger partial charge in [0, 0.05) is 6.04 Å². The molecule has 0 saturated carbocycles. The summed E-state index contributed by atoms with van der Waals surface area (Å²) in [5.41, 5.74) is 0. The van der Waals surface area contributed by atoms with Crippen molar-refractivity contribution >= 4 is 5.97 Å². The van der Waals surface area contributed by atoms with Gasteiger partial charge >= 0.3 is 5.97 Å². The number of hydrogen-bond donors (Lipinski definition) is 0. The fraction of sp³-hybridized carbons (Fsp3) is 0.917. The van der Waals surface area contributed by atoms with Crippen molar-refractivity contribution in [3.05, 3.63) is 0 Å². The topological polar surface area (TPSA) is 29.5 Å². The molecule has 3 heteroatoms. The van der Waals surface area contributed by atoms with Gasteiger partial charge in [0.05, 0.1) is 13.0 Å². The molecule has 1 rings (SSSR count). The van der Waals surface area contributed by atoms with Gasteiger partial charge in [0.2, 0.25) is 0 Å². The van der Waals surface area contributed by atoms with Crippen molar-refractivity contribution in [3.63, 3.8) is 0 Å². The van der Waals surface area contributed by atoms with E-state index in [1.165, 1.54) is 12.8 Å². The minimum Gasteiger partial charge on any atom is -0.466 e. The Bertz CT molecular complexity index is 188. The van der Waals surface area contributed by atoms with E-state index in [4.69, 9.17) is 4.74 Å². The van der Waals surface area contributed by atoms with Gasteiger partial charge in [-0.25, -0.2) is 0 Å². The van der Waals surface area contributed by atoms with Crippen LogP contribution in [0, 0.1) is 0 Å². The van der Waals surface area contributed by atoms with Crippen molar-refractivity contribution in [2.45, 2.75) is 52.0 Å². The minimum absolute atomic E-state index is 0.0390. The Kier molecular flexibility index (Phi) is 5.69. The molecule has 1 atom stereocenters. The average molecular weight is 213 g/mol. The number of carbonyl (C=O) groups excluding carboxylic acids is 1. The molecule has 0 radical (unpaired) electrons. The van der Waals surface area contributed by atoms with E-state index in [0.717, 1.165) is 25.9 Å². The standard InChI is InChI=1S/C12H23NO2/c1-3-7-11(10-12(14)15-4-2)13-8-5-6-9-13/h11H,3-10H2,1-2H3. The molecule has 1 aliphatic rings. The van der Waals surface area contributed by atoms with Gasteiger partial charge < -0.3 is 4.74 Å². The lowest BCUT2D eigenvalue weighted by Crippen LogP contribution is -2.34. The Morgan fingerprint density at radius 1 is 1.33 bits per heavy atom. The molecule has 0 aromatic carbocycles. The number of esters is 1. The number of hydrogen-bond acceptors (Lipinski definition) is 3. The molecule has 1 unspecified atom stereocenters. The molecule has 0 aromatic heterocycles. The Labute approximate surface area is 92.8 Å². The summed E-state index contributed by atoms with van der Waals surface area (Å²) >= 11 is 0. The minimum atomic E-state index is -0.0390. The molecular weight excluding hydrogens is 190 g/mol. The fourth-order valence-electron chi connectivity index (χ4n) is 2.27. The first-order valence-electron chi connectivity index (χ1n) is 6.17. The summed E-state index contributed by atoms with van der Waals surface area (Å²) in [7, 11) is 0. The van der Waals surface area contributed by atoms with Gasteiger partial charge in [-0.3, -0.25) is 9.69 Å². The van der Waals surface area contributed by atoms with Gasteiger partial charge in [-0.05, 0) is 39.3 Å². The molecular formula is C12H23NO2. The summed E-state index contributed by atoms with van der Waals surface area (Å²) in [6.45, 7) is 6.85. The van der Waals surface area contributed by atoms with E-state index in [-0.39, 0.29) is 5.97 Å². The predicted molar refractivity (Wildman–Crippen MR) is 60.8 cm³/mol. The molecule has 1 heterocycles. The summed E-state index contributed by atoms with van der Waals surface area (Å²) in [4.78, 5) is 13.9. The first kappa shape index (κ1) is 12.5. The second-order valence-corrected chi connectivity index (χ2v) is 4.19. The van der Waals surface area contributed by atoms with Gasteiger partial charge in [-0.2, -0.15) is 0 Å². The van der Waals surface area contributed by atoms with E-state index in [9.17, 15) is 4.79 Å². The van der Waals surface area contributed by atoms with Crippen LogP contribution in [0.5, 0.6) is 0 Å². The summed E-state index contributed by atoms with van der Waals surface area (Å²) in [6, 6.07) is 0.413. The van der Waals surface area contributed by atoms with Gasteiger partial charge in [-0.1, -0.05) is 13.3 Å². The molecule has 0 amide bonds. The third-order valence-electron chi connectivity index (χ3n) is 2.99. The van der Waals surface area contributed by atoms with Crippen LogP contribution in [-0.2, 0) is 9.53 Å². The highest BCUT2D eigenvalue weighted by Crippen LogP contribution is 2.18. The molecule has 0 spiro atoms. The zero-order valence-corrected chi connectivity index (χ0v) is 10.00. The first-order valence-corrected chi connectivity index (χ1v) is 6.17. The van der Waals surface area contributed by atoms with E-state index >= 15 is 0 Å². The Hall–Kier alpha value is -0.570. The Morgan fingerprint density at radius 3 is 2.53 bits per heavy atom. The molecule has 0 aromatic rings. The lowest BCUT2D eigenvalue weighted by molar-refractivity contribution is -0.144. The highest BCUT2D eigenvalue weighted by atomic mass is 16.5. The highest BCUT2D eigenvalue weighted by molar-refractivity contribution is 5.70. The van der Waals surface area contributed by atoms with Crippen LogP contribution in [0.15, 0.2) is 0 Å². The van der Waals surface area contributed by atoms with Crippen molar-refractivity contribution in [1.29, 1.82) is 0 Å². The smallest absolute Gasteiger partial charge is 0.307 e. The summed E-state index contributed by atoms with van der Waals surface area (Å²) < 4.78 is 5.01. The molecule has 0 aliphatic carbocycles. The maximum absolute atomic E-state index is 11.4. The number of nitrogens with zero attached hydrogens (tertiary/aromatic N) is 1. The lowest BCUT2D eigenvalue weighted by atomic mass is 10.1. The number of rotatable bonds is 6. The second kappa shape index (κ2) is 6.83. The van der Waals surface area contributed by atoms with Crippen LogP contribution in [0.25, 0.3) is 0 Å². The van der Waals surface area contributed by atoms with Crippen molar-refractivity contribution in [2.75, 3.05) is 19.7 Å². The van der Waals surface area contributed by atoms with Gasteiger partial charge in [0.15, 0.2) is 0 Å². The Morgan fingerprint density at radius 2 is 2.00 bits per heavy atom. The molecule has 15 heavy (non-hydrogen) atoms. The van der Waals surface area contributed by atoms with Crippen LogP contribution in [0.4, 0.5) is 0 Å². The van der Waals surface area contributed by atoms with Crippen LogP contribution in [0.2, 0.25) is 0 Å². The average Bonchev–Trinajstić information content (AvgIpc) is 2.70. The van der Waals surface area contributed by atoms with Crippen molar-refractivity contribution in [2.24, 2.45) is 0 Å². The molecule has 3 nitrogen and oxygen atoms in total. The molecule has 0 bridgehead atoms. The van der Waals surface area contributed by atoms with E-state index in [0.29, 0.717) is 19.1 Å². The fourth-order valence-corrected chi connectivity index (χ4v) is 2.27. The number of ether oxygens (including phenoxy) is 1. The van der Waals surface area contributed by atoms with Crippen LogP contribution < -0.4 is 0 Å². The summed E-state index contributed by atoms with van der Waals surface area (Å²) in [5, 5.41) is 0. The second-order valence-electron chi connectivity index (χ2n) is 4.19. The van der Waals surface area contributed by atoms with Crippen molar-refractivity contribution < 1.29 is 9.53 Å². The third kappa shape index (κ3) is 4.20. The van der Waals surface area contributed by atoms with E-state index < -0.39 is 0 Å². The largest absolute Gasteiger partial charge is 0.466 e. The van der Waals surface area contributed by atoms with Gasteiger partial charge in [0.25, 0.3) is 0 Å². The lowest BCUT2D eigenvalue weighted by Gasteiger charge is -2.26. The quantitative estimate of drug-likeness (QED) is 0.633. The van der Waals surface area contributed by atoms with Crippen LogP contribution >= 0.6 is 0 Å². The van der Waals surface area contributed by atoms with Crippen molar-refractivity contribution in [1.82, 2.24) is 4.90 Å². The van der Waals surface area contributed by atoms with E-state index in [2.05, 4.69) is 11.8 Å². The number of carbonyl (C=O) groups is 1. The maximum atomic E-state index is 11.4. The zero-order chi connectivity index (χ0) is 11.1. The first-order chi connectivity index (χ1) is 7.27. The van der Waals surface area contributed by atoms with Crippen LogP contribution in [0.1, 0.15) is 46.0 Å². The zero-order valence-electron chi connectivity index (χ0n) is 10.00. The van der Waals surface area contributed by atoms with Gasteiger partial charge in [-0.15, -0.1) is 0 Å². The maximum Gasteiger partial charge on any atom is 0.307 e. The third-order valence-corrected chi connectivity index (χ3v) is 2.99. The highest BCUT2D eigenvalue weighted by Gasteiger charge is 2.23. The molecule has 88 valence electrons. The van der Waals surface area contributed by atoms with E-state index in [1.54, 1.807) is 0 Å². The van der Waals surface area contributed by atoms with E-state index in [1.807, 2.05) is 6.92 Å². The van der Waals surface area contributed by atoms with Crippen LogP contribution in [-0.4, -0.2) is 36.6 Å². The Balaban J connectivity index is 2.38. The summed E-state index contributed by atoms with van der Waals surface area (Å²) in [5.74, 6) is -0.0390. The molecule has 1 aliphatic heterocycles. The van der Waals surface area contributed by atoms with Crippen LogP contribution in [0.3, 0.4) is 0 Å². The van der Waals surface area contributed by atoms with Gasteiger partial charge in [0.1, 0.15) is 0 Å². The molecule has 1 saturated heterocycles. The number of likely N-dealkylation sites (tertiary alicyclic amines) is 1. The molecule has 0 N–H and O–H groups in total. The summed E-state index contributed by atoms with van der Waals surface area (Å²) in [6.07, 6.45) is 5.38. The SMILES string of the molecule is CCCC(CC(=O)OCC)N1CCCC1. The predicted octanol–water partition coefficient (Wildman–Crippen LogP) is 2.20. The molecule has 1 fully saturated rings. The monoisotopic (exact) mass is 213 g/mol. The van der Waals surface area contributed by atoms with Crippen molar-refractivity contribution in [3.8, 4) is 0 Å². The normalized spacial score (nSPS) is 19.1.